The number of nitrogens with zero attached hydrogens (tertiary/aromatic N) is 2. The summed E-state index contributed by atoms with van der Waals surface area (Å²) in [6, 6.07) is 21.3. The summed E-state index contributed by atoms with van der Waals surface area (Å²) in [5.74, 6) is 0.209. The van der Waals surface area contributed by atoms with E-state index in [1.165, 1.54) is 36.9 Å². The Morgan fingerprint density at radius 3 is 2.47 bits per heavy atom. The number of ether oxygens (including phenoxy) is 2. The molecular formula is C24H23N3O5. The third kappa shape index (κ3) is 6.40. The van der Waals surface area contributed by atoms with Crippen LogP contribution in [-0.2, 0) is 11.4 Å². The molecule has 32 heavy (non-hydrogen) atoms. The summed E-state index contributed by atoms with van der Waals surface area (Å²) in [6.45, 7) is 4.00. The lowest BCUT2D eigenvalue weighted by Crippen LogP contribution is -2.33. The Balaban J connectivity index is 1.49. The van der Waals surface area contributed by atoms with Crippen LogP contribution in [0.5, 0.6) is 11.5 Å². The minimum absolute atomic E-state index is 0.0188. The van der Waals surface area contributed by atoms with Crippen molar-refractivity contribution < 1.29 is 19.2 Å². The number of nitrogens with one attached hydrogen (secondary N) is 1. The second-order valence-electron chi connectivity index (χ2n) is 7.06. The maximum absolute atomic E-state index is 12.2. The van der Waals surface area contributed by atoms with Crippen molar-refractivity contribution in [2.75, 3.05) is 0 Å². The van der Waals surface area contributed by atoms with Gasteiger partial charge in [-0.3, -0.25) is 14.9 Å². The van der Waals surface area contributed by atoms with Crippen molar-refractivity contribution in [3.05, 3.63) is 99.6 Å². The standard InChI is InChI=1S/C24H23N3O5/c1-17-7-9-20(10-8-17)16-31-21-13-11-19(12-14-21)15-25-26-24(28)18(2)32-23-6-4-3-5-22(23)27(29)30/h3-15,18H,16H2,1-2H3,(H,26,28)/b25-15-/t18-/m1/s1. The van der Waals surface area contributed by atoms with Crippen molar-refractivity contribution in [2.24, 2.45) is 5.10 Å². The van der Waals surface area contributed by atoms with E-state index in [0.717, 1.165) is 16.9 Å². The normalized spacial score (nSPS) is 11.7. The van der Waals surface area contributed by atoms with Gasteiger partial charge in [-0.2, -0.15) is 5.10 Å². The van der Waals surface area contributed by atoms with Gasteiger partial charge in [0.2, 0.25) is 0 Å². The molecule has 0 radical (unpaired) electrons. The first kappa shape index (κ1) is 22.5. The first-order valence-corrected chi connectivity index (χ1v) is 9.94. The average molecular weight is 433 g/mol. The monoisotopic (exact) mass is 433 g/mol. The number of rotatable bonds is 9. The molecule has 0 unspecified atom stereocenters. The molecule has 0 saturated heterocycles. The van der Waals surface area contributed by atoms with E-state index in [-0.39, 0.29) is 11.4 Å². The van der Waals surface area contributed by atoms with Crippen LogP contribution in [0.3, 0.4) is 0 Å². The molecule has 0 heterocycles. The number of nitro benzene ring substituents is 1. The smallest absolute Gasteiger partial charge is 0.310 e. The van der Waals surface area contributed by atoms with E-state index in [0.29, 0.717) is 6.61 Å². The summed E-state index contributed by atoms with van der Waals surface area (Å²) < 4.78 is 11.2. The number of benzene rings is 3. The van der Waals surface area contributed by atoms with Gasteiger partial charge < -0.3 is 9.47 Å². The van der Waals surface area contributed by atoms with Crippen LogP contribution in [0.2, 0.25) is 0 Å². The molecule has 0 aliphatic carbocycles. The number of amides is 1. The summed E-state index contributed by atoms with van der Waals surface area (Å²) in [7, 11) is 0. The van der Waals surface area contributed by atoms with E-state index < -0.39 is 16.9 Å². The Morgan fingerprint density at radius 2 is 1.78 bits per heavy atom. The molecule has 0 fully saturated rings. The Bertz CT molecular complexity index is 1100. The second-order valence-corrected chi connectivity index (χ2v) is 7.06. The molecule has 3 rings (SSSR count). The molecule has 1 N–H and O–H groups in total. The lowest BCUT2D eigenvalue weighted by Gasteiger charge is -2.12. The molecule has 0 spiro atoms. The van der Waals surface area contributed by atoms with Gasteiger partial charge in [0.05, 0.1) is 11.1 Å². The van der Waals surface area contributed by atoms with Crippen molar-refractivity contribution in [3.63, 3.8) is 0 Å². The summed E-state index contributed by atoms with van der Waals surface area (Å²) >= 11 is 0. The zero-order valence-electron chi connectivity index (χ0n) is 17.7. The van der Waals surface area contributed by atoms with Crippen LogP contribution in [0.25, 0.3) is 0 Å². The zero-order chi connectivity index (χ0) is 22.9. The molecule has 164 valence electrons. The molecule has 1 atom stereocenters. The van der Waals surface area contributed by atoms with Gasteiger partial charge in [-0.15, -0.1) is 0 Å². The number of aryl methyl sites for hydroxylation is 1. The number of para-hydroxylation sites is 2. The zero-order valence-corrected chi connectivity index (χ0v) is 17.7. The minimum Gasteiger partial charge on any atom is -0.489 e. The van der Waals surface area contributed by atoms with Crippen LogP contribution in [0.4, 0.5) is 5.69 Å². The van der Waals surface area contributed by atoms with Crippen molar-refractivity contribution in [3.8, 4) is 11.5 Å². The maximum atomic E-state index is 12.2. The number of hydrazone groups is 1. The minimum atomic E-state index is -0.967. The highest BCUT2D eigenvalue weighted by Gasteiger charge is 2.20. The van der Waals surface area contributed by atoms with Crippen LogP contribution >= 0.6 is 0 Å². The fourth-order valence-corrected chi connectivity index (χ4v) is 2.71. The highest BCUT2D eigenvalue weighted by Crippen LogP contribution is 2.26. The number of carbonyl (C=O) groups is 1. The quantitative estimate of drug-likeness (QED) is 0.306. The molecule has 0 aliphatic heterocycles. The van der Waals surface area contributed by atoms with Gasteiger partial charge in [-0.25, -0.2) is 5.43 Å². The number of carbonyl (C=O) groups excluding carboxylic acids is 1. The van der Waals surface area contributed by atoms with Crippen molar-refractivity contribution in [2.45, 2.75) is 26.6 Å². The first-order chi connectivity index (χ1) is 15.4. The third-order valence-electron chi connectivity index (χ3n) is 4.53. The molecule has 1 amide bonds. The molecule has 3 aromatic carbocycles. The Kier molecular flexibility index (Phi) is 7.53. The highest BCUT2D eigenvalue weighted by atomic mass is 16.6. The molecule has 0 aromatic heterocycles. The molecule has 0 bridgehead atoms. The molecule has 8 nitrogen and oxygen atoms in total. The molecule has 8 heteroatoms. The van der Waals surface area contributed by atoms with E-state index >= 15 is 0 Å². The van der Waals surface area contributed by atoms with Crippen LogP contribution in [0, 0.1) is 17.0 Å². The summed E-state index contributed by atoms with van der Waals surface area (Å²) in [6.07, 6.45) is 0.519. The average Bonchev–Trinajstić information content (AvgIpc) is 2.79. The molecular weight excluding hydrogens is 410 g/mol. The summed E-state index contributed by atoms with van der Waals surface area (Å²) in [5, 5.41) is 15.0. The summed E-state index contributed by atoms with van der Waals surface area (Å²) in [5.41, 5.74) is 5.21. The number of hydrogen-bond donors (Lipinski definition) is 1. The van der Waals surface area contributed by atoms with Gasteiger partial charge in [0.15, 0.2) is 11.9 Å². The fraction of sp³-hybridized carbons (Fsp3) is 0.167. The molecule has 0 aliphatic rings. The maximum Gasteiger partial charge on any atom is 0.310 e. The first-order valence-electron chi connectivity index (χ1n) is 9.94. The van der Waals surface area contributed by atoms with Crippen LogP contribution in [0.1, 0.15) is 23.6 Å². The fourth-order valence-electron chi connectivity index (χ4n) is 2.71. The SMILES string of the molecule is Cc1ccc(COc2ccc(/C=N\NC(=O)[C@@H](C)Oc3ccccc3[N+](=O)[O-])cc2)cc1. The molecule has 3 aromatic rings. The van der Waals surface area contributed by atoms with Gasteiger partial charge in [-0.1, -0.05) is 42.0 Å². The highest BCUT2D eigenvalue weighted by molar-refractivity contribution is 5.84. The van der Waals surface area contributed by atoms with Crippen molar-refractivity contribution >= 4 is 17.8 Å². The van der Waals surface area contributed by atoms with Gasteiger partial charge in [0, 0.05) is 6.07 Å². The van der Waals surface area contributed by atoms with E-state index in [9.17, 15) is 14.9 Å². The summed E-state index contributed by atoms with van der Waals surface area (Å²) in [4.78, 5) is 22.7. The van der Waals surface area contributed by atoms with E-state index in [1.54, 1.807) is 6.07 Å². The van der Waals surface area contributed by atoms with Gasteiger partial charge in [-0.05, 0) is 55.3 Å². The Labute approximate surface area is 185 Å². The topological polar surface area (TPSA) is 103 Å². The lowest BCUT2D eigenvalue weighted by atomic mass is 10.2. The predicted molar refractivity (Wildman–Crippen MR) is 121 cm³/mol. The van der Waals surface area contributed by atoms with E-state index in [2.05, 4.69) is 10.5 Å². The Morgan fingerprint density at radius 1 is 1.09 bits per heavy atom. The predicted octanol–water partition coefficient (Wildman–Crippen LogP) is 4.40. The van der Waals surface area contributed by atoms with E-state index in [4.69, 9.17) is 9.47 Å². The number of nitro groups is 1. The molecule has 0 saturated carbocycles. The van der Waals surface area contributed by atoms with Crippen molar-refractivity contribution in [1.29, 1.82) is 0 Å². The lowest BCUT2D eigenvalue weighted by molar-refractivity contribution is -0.386. The van der Waals surface area contributed by atoms with Crippen LogP contribution < -0.4 is 14.9 Å². The number of hydrogen-bond acceptors (Lipinski definition) is 6. The third-order valence-corrected chi connectivity index (χ3v) is 4.53. The second kappa shape index (κ2) is 10.7. The van der Waals surface area contributed by atoms with Gasteiger partial charge >= 0.3 is 5.69 Å². The van der Waals surface area contributed by atoms with Gasteiger partial charge in [0.1, 0.15) is 12.4 Å². The Hall–Kier alpha value is -4.20. The van der Waals surface area contributed by atoms with E-state index in [1.807, 2.05) is 55.5 Å². The van der Waals surface area contributed by atoms with Gasteiger partial charge in [0.25, 0.3) is 5.91 Å². The van der Waals surface area contributed by atoms with Crippen LogP contribution in [0.15, 0.2) is 77.9 Å². The largest absolute Gasteiger partial charge is 0.489 e. The van der Waals surface area contributed by atoms with Crippen LogP contribution in [-0.4, -0.2) is 23.1 Å². The van der Waals surface area contributed by atoms with Crippen molar-refractivity contribution in [1.82, 2.24) is 5.43 Å².